The number of nitrogens with one attached hydrogen (secondary N) is 1. The minimum absolute atomic E-state index is 1.04. The van der Waals surface area contributed by atoms with Crippen molar-refractivity contribution in [1.82, 2.24) is 0 Å². The number of hydrogen-bond acceptors (Lipinski definition) is 2. The molecule has 0 saturated carbocycles. The molecule has 0 atom stereocenters. The summed E-state index contributed by atoms with van der Waals surface area (Å²) in [5.74, 6) is 0. The fraction of sp³-hybridized carbons (Fsp3) is 0.250. The summed E-state index contributed by atoms with van der Waals surface area (Å²) in [7, 11) is 1.91. The van der Waals surface area contributed by atoms with Gasteiger partial charge in [-0.2, -0.15) is 0 Å². The standard InChI is InChI=1S/C12H16N2/c1-4-10-6-7-12(13-3)11(8-10)9-14-5-2/h5-9,13H,2,4H2,1,3H3. The molecule has 0 unspecified atom stereocenters. The minimum atomic E-state index is 1.04. The number of aliphatic imine (C=N–C) groups is 1. The highest BCUT2D eigenvalue weighted by Crippen LogP contribution is 2.15. The van der Waals surface area contributed by atoms with Crippen LogP contribution < -0.4 is 5.32 Å². The molecule has 2 nitrogen and oxygen atoms in total. The zero-order chi connectivity index (χ0) is 10.4. The summed E-state index contributed by atoms with van der Waals surface area (Å²) in [5, 5.41) is 3.13. The van der Waals surface area contributed by atoms with Crippen molar-refractivity contribution < 1.29 is 0 Å². The maximum absolute atomic E-state index is 4.02. The molecule has 0 saturated heterocycles. The second-order valence-electron chi connectivity index (χ2n) is 2.99. The molecule has 0 aliphatic heterocycles. The van der Waals surface area contributed by atoms with Crippen molar-refractivity contribution in [3.63, 3.8) is 0 Å². The molecule has 0 bridgehead atoms. The molecule has 1 rings (SSSR count). The van der Waals surface area contributed by atoms with Gasteiger partial charge in [0.25, 0.3) is 0 Å². The van der Waals surface area contributed by atoms with E-state index in [9.17, 15) is 0 Å². The molecule has 0 amide bonds. The second kappa shape index (κ2) is 5.22. The smallest absolute Gasteiger partial charge is 0.0426 e. The highest BCUT2D eigenvalue weighted by molar-refractivity contribution is 5.88. The molecule has 0 radical (unpaired) electrons. The number of nitrogens with zero attached hydrogens (tertiary/aromatic N) is 1. The van der Waals surface area contributed by atoms with Gasteiger partial charge >= 0.3 is 0 Å². The van der Waals surface area contributed by atoms with Gasteiger partial charge in [0.2, 0.25) is 0 Å². The van der Waals surface area contributed by atoms with Crippen LogP contribution >= 0.6 is 0 Å². The van der Waals surface area contributed by atoms with Crippen LogP contribution in [0.2, 0.25) is 0 Å². The van der Waals surface area contributed by atoms with Crippen molar-refractivity contribution in [1.29, 1.82) is 0 Å². The van der Waals surface area contributed by atoms with Crippen LogP contribution in [0.4, 0.5) is 5.69 Å². The number of aryl methyl sites for hydroxylation is 1. The summed E-state index contributed by atoms with van der Waals surface area (Å²) in [6.45, 7) is 5.70. The predicted molar refractivity (Wildman–Crippen MR) is 63.2 cm³/mol. The molecule has 0 fully saturated rings. The Morgan fingerprint density at radius 2 is 2.29 bits per heavy atom. The van der Waals surface area contributed by atoms with E-state index < -0.39 is 0 Å². The summed E-state index contributed by atoms with van der Waals surface area (Å²) >= 11 is 0. The van der Waals surface area contributed by atoms with Crippen molar-refractivity contribution >= 4 is 11.9 Å². The lowest BCUT2D eigenvalue weighted by molar-refractivity contribution is 1.14. The summed E-state index contributed by atoms with van der Waals surface area (Å²) in [4.78, 5) is 4.02. The lowest BCUT2D eigenvalue weighted by atomic mass is 10.1. The number of benzene rings is 1. The van der Waals surface area contributed by atoms with Crippen LogP contribution in [-0.4, -0.2) is 13.3 Å². The molecule has 14 heavy (non-hydrogen) atoms. The van der Waals surface area contributed by atoms with Crippen LogP contribution in [0.15, 0.2) is 36.0 Å². The first-order valence-corrected chi connectivity index (χ1v) is 4.76. The monoisotopic (exact) mass is 188 g/mol. The van der Waals surface area contributed by atoms with Gasteiger partial charge in [-0.05, 0) is 24.1 Å². The van der Waals surface area contributed by atoms with Gasteiger partial charge in [0.05, 0.1) is 0 Å². The van der Waals surface area contributed by atoms with Crippen molar-refractivity contribution in [2.24, 2.45) is 4.99 Å². The van der Waals surface area contributed by atoms with Crippen LogP contribution in [0.25, 0.3) is 0 Å². The van der Waals surface area contributed by atoms with E-state index >= 15 is 0 Å². The van der Waals surface area contributed by atoms with E-state index in [4.69, 9.17) is 0 Å². The normalized spacial score (nSPS) is 10.4. The summed E-state index contributed by atoms with van der Waals surface area (Å²) in [6, 6.07) is 6.33. The molecule has 74 valence electrons. The number of rotatable bonds is 4. The highest BCUT2D eigenvalue weighted by atomic mass is 14.8. The van der Waals surface area contributed by atoms with Gasteiger partial charge in [-0.3, -0.25) is 4.99 Å². The predicted octanol–water partition coefficient (Wildman–Crippen LogP) is 2.85. The van der Waals surface area contributed by atoms with Crippen LogP contribution in [0.5, 0.6) is 0 Å². The topological polar surface area (TPSA) is 24.4 Å². The molecular formula is C12H16N2. The molecule has 0 heterocycles. The second-order valence-corrected chi connectivity index (χ2v) is 2.99. The van der Waals surface area contributed by atoms with Crippen LogP contribution in [0.3, 0.4) is 0 Å². The Balaban J connectivity index is 3.07. The third-order valence-electron chi connectivity index (χ3n) is 2.11. The molecular weight excluding hydrogens is 172 g/mol. The molecule has 0 spiro atoms. The Kier molecular flexibility index (Phi) is 3.92. The van der Waals surface area contributed by atoms with Crippen LogP contribution in [0.1, 0.15) is 18.1 Å². The first kappa shape index (κ1) is 10.5. The van der Waals surface area contributed by atoms with Crippen LogP contribution in [-0.2, 0) is 6.42 Å². The number of anilines is 1. The maximum atomic E-state index is 4.02. The van der Waals surface area contributed by atoms with Gasteiger partial charge in [0.1, 0.15) is 0 Å². The van der Waals surface area contributed by atoms with Gasteiger partial charge in [-0.1, -0.05) is 19.6 Å². The van der Waals surface area contributed by atoms with E-state index in [0.29, 0.717) is 0 Å². The Morgan fingerprint density at radius 1 is 1.50 bits per heavy atom. The first-order chi connectivity index (χ1) is 6.81. The molecule has 0 aliphatic rings. The molecule has 2 heteroatoms. The maximum Gasteiger partial charge on any atom is 0.0426 e. The minimum Gasteiger partial charge on any atom is -0.388 e. The van der Waals surface area contributed by atoms with E-state index in [1.54, 1.807) is 0 Å². The van der Waals surface area contributed by atoms with Crippen molar-refractivity contribution in [3.8, 4) is 0 Å². The van der Waals surface area contributed by atoms with Crippen molar-refractivity contribution in [2.75, 3.05) is 12.4 Å². The van der Waals surface area contributed by atoms with Gasteiger partial charge in [0, 0.05) is 30.7 Å². The van der Waals surface area contributed by atoms with Crippen molar-refractivity contribution in [2.45, 2.75) is 13.3 Å². The zero-order valence-corrected chi connectivity index (χ0v) is 8.75. The molecule has 1 aromatic carbocycles. The largest absolute Gasteiger partial charge is 0.388 e. The van der Waals surface area contributed by atoms with Gasteiger partial charge in [0.15, 0.2) is 0 Å². The molecule has 0 aliphatic carbocycles. The third-order valence-corrected chi connectivity index (χ3v) is 2.11. The lowest BCUT2D eigenvalue weighted by Gasteiger charge is -2.06. The van der Waals surface area contributed by atoms with E-state index in [-0.39, 0.29) is 0 Å². The SMILES string of the molecule is C=CN=Cc1cc(CC)ccc1NC. The quantitative estimate of drug-likeness (QED) is 0.722. The zero-order valence-electron chi connectivity index (χ0n) is 8.75. The van der Waals surface area contributed by atoms with Gasteiger partial charge in [-0.25, -0.2) is 0 Å². The lowest BCUT2D eigenvalue weighted by Crippen LogP contribution is -1.95. The van der Waals surface area contributed by atoms with Gasteiger partial charge < -0.3 is 5.32 Å². The Labute approximate surface area is 85.4 Å². The molecule has 1 aromatic rings. The summed E-state index contributed by atoms with van der Waals surface area (Å²) < 4.78 is 0. The van der Waals surface area contributed by atoms with E-state index in [2.05, 4.69) is 42.0 Å². The van der Waals surface area contributed by atoms with E-state index in [1.807, 2.05) is 13.3 Å². The van der Waals surface area contributed by atoms with E-state index in [1.165, 1.54) is 11.8 Å². The Morgan fingerprint density at radius 3 is 2.86 bits per heavy atom. The average molecular weight is 188 g/mol. The molecule has 1 N–H and O–H groups in total. The Bertz CT molecular complexity index is 340. The number of hydrogen-bond donors (Lipinski definition) is 1. The van der Waals surface area contributed by atoms with Crippen molar-refractivity contribution in [3.05, 3.63) is 42.1 Å². The average Bonchev–Trinajstić information content (AvgIpc) is 2.25. The van der Waals surface area contributed by atoms with Gasteiger partial charge in [-0.15, -0.1) is 0 Å². The Hall–Kier alpha value is -1.57. The highest BCUT2D eigenvalue weighted by Gasteiger charge is 1.98. The fourth-order valence-electron chi connectivity index (χ4n) is 1.30. The first-order valence-electron chi connectivity index (χ1n) is 4.76. The summed E-state index contributed by atoms with van der Waals surface area (Å²) in [5.41, 5.74) is 3.51. The molecule has 0 aromatic heterocycles. The van der Waals surface area contributed by atoms with E-state index in [0.717, 1.165) is 17.7 Å². The summed E-state index contributed by atoms with van der Waals surface area (Å²) in [6.07, 6.45) is 4.40. The van der Waals surface area contributed by atoms with Crippen LogP contribution in [0, 0.1) is 0 Å². The fourth-order valence-corrected chi connectivity index (χ4v) is 1.30. The third kappa shape index (κ3) is 2.46.